The van der Waals surface area contributed by atoms with Gasteiger partial charge in [-0.05, 0) is 47.0 Å². The zero-order valence-corrected chi connectivity index (χ0v) is 19.1. The maximum absolute atomic E-state index is 13.5. The highest BCUT2D eigenvalue weighted by atomic mass is 79.9. The number of ether oxygens (including phenoxy) is 1. The van der Waals surface area contributed by atoms with Gasteiger partial charge in [0.2, 0.25) is 5.95 Å². The topological polar surface area (TPSA) is 104 Å². The molecular weight excluding hydrogens is 507 g/mol. The molecular formula is C21H21BrF3N5O3. The quantitative estimate of drug-likeness (QED) is 0.459. The molecule has 8 nitrogen and oxygen atoms in total. The van der Waals surface area contributed by atoms with Crippen molar-refractivity contribution in [2.24, 2.45) is 0 Å². The fourth-order valence-electron chi connectivity index (χ4n) is 3.66. The van der Waals surface area contributed by atoms with Gasteiger partial charge in [-0.25, -0.2) is 4.98 Å². The molecule has 4 rings (SSSR count). The second kappa shape index (κ2) is 8.92. The fraction of sp³-hybridized carbons (Fsp3) is 0.381. The molecule has 1 aliphatic heterocycles. The summed E-state index contributed by atoms with van der Waals surface area (Å²) in [5, 5.41) is 23.2. The van der Waals surface area contributed by atoms with Crippen LogP contribution < -0.4 is 15.0 Å². The van der Waals surface area contributed by atoms with Crippen molar-refractivity contribution in [2.45, 2.75) is 24.6 Å². The molecule has 1 aliphatic rings. The third-order valence-corrected chi connectivity index (χ3v) is 6.17. The highest BCUT2D eigenvalue weighted by Crippen LogP contribution is 2.39. The Morgan fingerprint density at radius 1 is 1.21 bits per heavy atom. The number of rotatable bonds is 5. The van der Waals surface area contributed by atoms with Crippen molar-refractivity contribution in [3.63, 3.8) is 0 Å². The van der Waals surface area contributed by atoms with Crippen LogP contribution in [0.5, 0.6) is 5.75 Å². The van der Waals surface area contributed by atoms with Crippen molar-refractivity contribution >= 4 is 44.3 Å². The van der Waals surface area contributed by atoms with Crippen molar-refractivity contribution in [1.29, 1.82) is 0 Å². The Bertz CT molecular complexity index is 1170. The van der Waals surface area contributed by atoms with Gasteiger partial charge in [0.05, 0.1) is 40.3 Å². The number of piperidine rings is 1. The Hall–Kier alpha value is -2.70. The Morgan fingerprint density at radius 3 is 2.58 bits per heavy atom. The van der Waals surface area contributed by atoms with E-state index in [-0.39, 0.29) is 23.9 Å². The predicted octanol–water partition coefficient (Wildman–Crippen LogP) is 3.88. The number of halogens is 4. The minimum absolute atomic E-state index is 0.169. The van der Waals surface area contributed by atoms with Gasteiger partial charge < -0.3 is 25.2 Å². The van der Waals surface area contributed by atoms with Gasteiger partial charge in [-0.3, -0.25) is 4.98 Å². The molecule has 12 heteroatoms. The van der Waals surface area contributed by atoms with Crippen LogP contribution in [0.1, 0.15) is 18.4 Å². The molecule has 3 aromatic rings. The number of alkyl halides is 3. The summed E-state index contributed by atoms with van der Waals surface area (Å²) < 4.78 is 45.8. The minimum atomic E-state index is -4.59. The van der Waals surface area contributed by atoms with Crippen LogP contribution in [0.4, 0.5) is 30.6 Å². The first-order valence-electron chi connectivity index (χ1n) is 10.1. The highest BCUT2D eigenvalue weighted by molar-refractivity contribution is 9.10. The Morgan fingerprint density at radius 2 is 1.94 bits per heavy atom. The van der Waals surface area contributed by atoms with E-state index in [9.17, 15) is 23.4 Å². The smallest absolute Gasteiger partial charge is 0.420 e. The van der Waals surface area contributed by atoms with E-state index < -0.39 is 17.3 Å². The molecule has 0 spiro atoms. The summed E-state index contributed by atoms with van der Waals surface area (Å²) in [6.45, 7) is 0.485. The van der Waals surface area contributed by atoms with E-state index in [0.717, 1.165) is 6.07 Å². The Balaban J connectivity index is 1.74. The second-order valence-electron chi connectivity index (χ2n) is 7.80. The summed E-state index contributed by atoms with van der Waals surface area (Å²) in [7, 11) is 1.18. The molecule has 0 atom stereocenters. The van der Waals surface area contributed by atoms with E-state index in [0.29, 0.717) is 47.3 Å². The summed E-state index contributed by atoms with van der Waals surface area (Å²) in [5.41, 5.74) is -1.35. The van der Waals surface area contributed by atoms with E-state index in [4.69, 9.17) is 4.74 Å². The summed E-state index contributed by atoms with van der Waals surface area (Å²) in [5.74, 6) is 0.349. The SMILES string of the molecule is COc1ccc(Nc2nc(N3CCC(O)(CO)CC3)nc3c(Br)cncc23)cc1C(F)(F)F. The van der Waals surface area contributed by atoms with Crippen LogP contribution in [-0.2, 0) is 6.18 Å². The van der Waals surface area contributed by atoms with Crippen LogP contribution in [0.3, 0.4) is 0 Å². The van der Waals surface area contributed by atoms with Gasteiger partial charge in [0.1, 0.15) is 11.6 Å². The lowest BCUT2D eigenvalue weighted by Gasteiger charge is -2.37. The first-order chi connectivity index (χ1) is 15.6. The number of anilines is 3. The van der Waals surface area contributed by atoms with E-state index in [1.807, 2.05) is 4.90 Å². The Labute approximate surface area is 195 Å². The van der Waals surface area contributed by atoms with Crippen LogP contribution in [0.2, 0.25) is 0 Å². The molecule has 3 heterocycles. The maximum atomic E-state index is 13.5. The number of pyridine rings is 1. The Kier molecular flexibility index (Phi) is 6.34. The van der Waals surface area contributed by atoms with Gasteiger partial charge in [0.15, 0.2) is 0 Å². The summed E-state index contributed by atoms with van der Waals surface area (Å²) in [6.07, 6.45) is -0.832. The van der Waals surface area contributed by atoms with Gasteiger partial charge in [-0.2, -0.15) is 18.2 Å². The predicted molar refractivity (Wildman–Crippen MR) is 120 cm³/mol. The molecule has 1 fully saturated rings. The number of fused-ring (bicyclic) bond motifs is 1. The molecule has 0 bridgehead atoms. The summed E-state index contributed by atoms with van der Waals surface area (Å²) in [6, 6.07) is 3.67. The zero-order chi connectivity index (χ0) is 23.8. The number of aromatic nitrogens is 3. The molecule has 1 saturated heterocycles. The van der Waals surface area contributed by atoms with Crippen molar-refractivity contribution in [1.82, 2.24) is 15.0 Å². The van der Waals surface area contributed by atoms with Crippen molar-refractivity contribution in [3.8, 4) is 5.75 Å². The maximum Gasteiger partial charge on any atom is 0.420 e. The number of hydrogen-bond acceptors (Lipinski definition) is 8. The molecule has 176 valence electrons. The molecule has 0 amide bonds. The van der Waals surface area contributed by atoms with E-state index >= 15 is 0 Å². The lowest BCUT2D eigenvalue weighted by molar-refractivity contribution is -0.138. The van der Waals surface area contributed by atoms with Crippen LogP contribution in [0.15, 0.2) is 35.1 Å². The van der Waals surface area contributed by atoms with E-state index in [1.165, 1.54) is 25.4 Å². The van der Waals surface area contributed by atoms with E-state index in [1.54, 1.807) is 6.20 Å². The lowest BCUT2D eigenvalue weighted by Crippen LogP contribution is -2.47. The van der Waals surface area contributed by atoms with Crippen LogP contribution in [-0.4, -0.2) is 57.6 Å². The van der Waals surface area contributed by atoms with Gasteiger partial charge in [0, 0.05) is 31.2 Å². The van der Waals surface area contributed by atoms with Gasteiger partial charge in [-0.1, -0.05) is 0 Å². The molecule has 0 saturated carbocycles. The minimum Gasteiger partial charge on any atom is -0.496 e. The normalized spacial score (nSPS) is 16.2. The highest BCUT2D eigenvalue weighted by Gasteiger charge is 2.35. The molecule has 2 aromatic heterocycles. The number of nitrogens with zero attached hydrogens (tertiary/aromatic N) is 4. The lowest BCUT2D eigenvalue weighted by atomic mass is 9.93. The number of aliphatic hydroxyl groups is 2. The second-order valence-corrected chi connectivity index (χ2v) is 8.65. The van der Waals surface area contributed by atoms with Crippen LogP contribution in [0.25, 0.3) is 10.9 Å². The van der Waals surface area contributed by atoms with Crippen LogP contribution >= 0.6 is 15.9 Å². The molecule has 0 radical (unpaired) electrons. The average Bonchev–Trinajstić information content (AvgIpc) is 2.79. The molecule has 33 heavy (non-hydrogen) atoms. The fourth-order valence-corrected chi connectivity index (χ4v) is 4.08. The van der Waals surface area contributed by atoms with Crippen molar-refractivity contribution in [2.75, 3.05) is 37.0 Å². The van der Waals surface area contributed by atoms with Gasteiger partial charge >= 0.3 is 6.18 Å². The number of methoxy groups -OCH3 is 1. The van der Waals surface area contributed by atoms with Crippen molar-refractivity contribution in [3.05, 3.63) is 40.6 Å². The molecule has 0 unspecified atom stereocenters. The number of nitrogens with one attached hydrogen (secondary N) is 1. The molecule has 0 aliphatic carbocycles. The number of aliphatic hydroxyl groups excluding tert-OH is 1. The third-order valence-electron chi connectivity index (χ3n) is 5.59. The number of hydrogen-bond donors (Lipinski definition) is 3. The van der Waals surface area contributed by atoms with Gasteiger partial charge in [0.25, 0.3) is 0 Å². The summed E-state index contributed by atoms with van der Waals surface area (Å²) in [4.78, 5) is 15.1. The first-order valence-corrected chi connectivity index (χ1v) is 10.8. The standard InChI is InChI=1S/C21H21BrF3N5O3/c1-33-16-3-2-12(8-14(16)21(23,24)25)27-18-13-9-26-10-15(22)17(13)28-19(29-18)30-6-4-20(32,11-31)5-7-30/h2-3,8-10,31-32H,4-7,11H2,1H3,(H,27,28,29). The molecule has 3 N–H and O–H groups in total. The summed E-state index contributed by atoms with van der Waals surface area (Å²) >= 11 is 3.42. The third kappa shape index (κ3) is 4.82. The molecule has 1 aromatic carbocycles. The van der Waals surface area contributed by atoms with Gasteiger partial charge in [-0.15, -0.1) is 0 Å². The van der Waals surface area contributed by atoms with Crippen molar-refractivity contribution < 1.29 is 28.1 Å². The van der Waals surface area contributed by atoms with Crippen LogP contribution in [0, 0.1) is 0 Å². The number of benzene rings is 1. The first kappa shape index (κ1) is 23.5. The monoisotopic (exact) mass is 527 g/mol. The average molecular weight is 528 g/mol. The largest absolute Gasteiger partial charge is 0.496 e. The zero-order valence-electron chi connectivity index (χ0n) is 17.5. The van der Waals surface area contributed by atoms with E-state index in [2.05, 4.69) is 36.2 Å².